The maximum Gasteiger partial charge on any atom is 0.257 e. The molecule has 1 fully saturated rings. The van der Waals surface area contributed by atoms with Crippen LogP contribution in [0.1, 0.15) is 39.1 Å². The van der Waals surface area contributed by atoms with Crippen LogP contribution < -0.4 is 0 Å². The summed E-state index contributed by atoms with van der Waals surface area (Å²) in [6.45, 7) is 4.05. The summed E-state index contributed by atoms with van der Waals surface area (Å²) in [5.74, 6) is 0.948. The number of furan rings is 1. The maximum absolute atomic E-state index is 12.8. The number of hydrogen-bond acceptors (Lipinski definition) is 4. The number of carbonyl (C=O) groups excluding carboxylic acids is 1. The predicted octanol–water partition coefficient (Wildman–Crippen LogP) is 3.55. The van der Waals surface area contributed by atoms with Crippen molar-refractivity contribution in [3.05, 3.63) is 58.0 Å². The lowest BCUT2D eigenvalue weighted by Gasteiger charge is -2.19. The van der Waals surface area contributed by atoms with Crippen LogP contribution >= 0.6 is 11.6 Å². The second-order valence-electron chi connectivity index (χ2n) is 6.28. The highest BCUT2D eigenvalue weighted by molar-refractivity contribution is 7.91. The lowest BCUT2D eigenvalue weighted by atomic mass is 10.1. The Balaban J connectivity index is 1.87. The van der Waals surface area contributed by atoms with Crippen molar-refractivity contribution in [3.8, 4) is 0 Å². The van der Waals surface area contributed by atoms with E-state index in [4.69, 9.17) is 16.0 Å². The first-order chi connectivity index (χ1) is 11.8. The Morgan fingerprint density at radius 1 is 1.24 bits per heavy atom. The fraction of sp³-hybridized carbons (Fsp3) is 0.389. The standard InChI is InChI=1S/C18H20ClNO4S/c1-12-11-15(13(2)24-12)18(21)20-8-7-17(25(22,23)10-9-20)14-5-3-4-6-16(14)19/h3-6,11,17H,7-10H2,1-2H3. The summed E-state index contributed by atoms with van der Waals surface area (Å²) in [5.41, 5.74) is 1.10. The minimum atomic E-state index is -3.39. The summed E-state index contributed by atoms with van der Waals surface area (Å²) >= 11 is 6.20. The summed E-state index contributed by atoms with van der Waals surface area (Å²) in [5, 5.41) is -0.247. The number of halogens is 1. The average Bonchev–Trinajstić information content (AvgIpc) is 2.80. The van der Waals surface area contributed by atoms with Gasteiger partial charge in [-0.15, -0.1) is 0 Å². The Hall–Kier alpha value is -1.79. The van der Waals surface area contributed by atoms with Gasteiger partial charge in [-0.1, -0.05) is 29.8 Å². The molecule has 25 heavy (non-hydrogen) atoms. The second kappa shape index (κ2) is 6.84. The highest BCUT2D eigenvalue weighted by atomic mass is 35.5. The highest BCUT2D eigenvalue weighted by Gasteiger charge is 2.34. The molecule has 1 aliphatic heterocycles. The molecule has 2 aromatic rings. The van der Waals surface area contributed by atoms with Crippen molar-refractivity contribution < 1.29 is 17.6 Å². The van der Waals surface area contributed by atoms with Gasteiger partial charge >= 0.3 is 0 Å². The molecular formula is C18H20ClNO4S. The Labute approximate surface area is 152 Å². The Bertz CT molecular complexity index is 904. The summed E-state index contributed by atoms with van der Waals surface area (Å²) < 4.78 is 30.9. The first-order valence-corrected chi connectivity index (χ1v) is 10.2. The van der Waals surface area contributed by atoms with E-state index < -0.39 is 15.1 Å². The molecular weight excluding hydrogens is 362 g/mol. The third-order valence-corrected chi connectivity index (χ3v) is 7.00. The van der Waals surface area contributed by atoms with Crippen molar-refractivity contribution in [2.75, 3.05) is 18.8 Å². The van der Waals surface area contributed by atoms with E-state index in [0.717, 1.165) is 0 Å². The molecule has 1 saturated heterocycles. The van der Waals surface area contributed by atoms with Gasteiger partial charge in [0.15, 0.2) is 9.84 Å². The molecule has 134 valence electrons. The number of rotatable bonds is 2. The smallest absolute Gasteiger partial charge is 0.257 e. The number of amides is 1. The summed E-state index contributed by atoms with van der Waals surface area (Å²) in [4.78, 5) is 14.3. The van der Waals surface area contributed by atoms with Gasteiger partial charge in [0.05, 0.1) is 16.6 Å². The van der Waals surface area contributed by atoms with E-state index >= 15 is 0 Å². The third-order valence-electron chi connectivity index (χ3n) is 4.55. The molecule has 5 nitrogen and oxygen atoms in total. The quantitative estimate of drug-likeness (QED) is 0.797. The zero-order valence-corrected chi connectivity index (χ0v) is 15.7. The minimum absolute atomic E-state index is 0.0789. The van der Waals surface area contributed by atoms with Gasteiger partial charge in [-0.25, -0.2) is 8.42 Å². The van der Waals surface area contributed by atoms with Gasteiger partial charge in [0.25, 0.3) is 5.91 Å². The lowest BCUT2D eigenvalue weighted by Crippen LogP contribution is -2.33. The lowest BCUT2D eigenvalue weighted by molar-refractivity contribution is 0.0765. The molecule has 0 aliphatic carbocycles. The van der Waals surface area contributed by atoms with Crippen LogP contribution in [0.2, 0.25) is 5.02 Å². The molecule has 1 aliphatic rings. The van der Waals surface area contributed by atoms with Crippen LogP contribution in [0.4, 0.5) is 0 Å². The fourth-order valence-electron chi connectivity index (χ4n) is 3.25. The molecule has 0 spiro atoms. The number of hydrogen-bond donors (Lipinski definition) is 0. The molecule has 1 unspecified atom stereocenters. The van der Waals surface area contributed by atoms with Crippen LogP contribution in [0.15, 0.2) is 34.7 Å². The molecule has 1 atom stereocenters. The number of nitrogens with zero attached hydrogens (tertiary/aromatic N) is 1. The van der Waals surface area contributed by atoms with E-state index in [1.165, 1.54) is 0 Å². The van der Waals surface area contributed by atoms with E-state index in [-0.39, 0.29) is 18.2 Å². The predicted molar refractivity (Wildman–Crippen MR) is 96.7 cm³/mol. The van der Waals surface area contributed by atoms with Crippen LogP contribution in [-0.2, 0) is 9.84 Å². The number of aryl methyl sites for hydroxylation is 2. The first-order valence-electron chi connectivity index (χ1n) is 8.12. The molecule has 7 heteroatoms. The summed E-state index contributed by atoms with van der Waals surface area (Å²) in [6, 6.07) is 8.68. The monoisotopic (exact) mass is 381 g/mol. The van der Waals surface area contributed by atoms with E-state index in [1.54, 1.807) is 49.1 Å². The molecule has 3 rings (SSSR count). The van der Waals surface area contributed by atoms with E-state index in [0.29, 0.717) is 40.6 Å². The first kappa shape index (κ1) is 18.0. The second-order valence-corrected chi connectivity index (χ2v) is 9.00. The summed E-state index contributed by atoms with van der Waals surface area (Å²) in [7, 11) is -3.39. The van der Waals surface area contributed by atoms with Gasteiger partial charge in [-0.2, -0.15) is 0 Å². The average molecular weight is 382 g/mol. The fourth-order valence-corrected chi connectivity index (χ4v) is 5.39. The highest BCUT2D eigenvalue weighted by Crippen LogP contribution is 2.34. The van der Waals surface area contributed by atoms with Gasteiger partial charge in [-0.3, -0.25) is 4.79 Å². The van der Waals surface area contributed by atoms with E-state index in [9.17, 15) is 13.2 Å². The number of carbonyl (C=O) groups is 1. The molecule has 0 radical (unpaired) electrons. The number of sulfone groups is 1. The van der Waals surface area contributed by atoms with Gasteiger partial charge in [0.1, 0.15) is 11.5 Å². The van der Waals surface area contributed by atoms with Crippen molar-refractivity contribution in [2.24, 2.45) is 0 Å². The third kappa shape index (κ3) is 3.60. The van der Waals surface area contributed by atoms with Gasteiger partial charge in [0, 0.05) is 18.1 Å². The molecule has 2 heterocycles. The molecule has 1 aromatic carbocycles. The normalized spacial score (nSPS) is 20.3. The molecule has 0 bridgehead atoms. The Morgan fingerprint density at radius 2 is 1.96 bits per heavy atom. The molecule has 0 saturated carbocycles. The van der Waals surface area contributed by atoms with Gasteiger partial charge < -0.3 is 9.32 Å². The zero-order valence-electron chi connectivity index (χ0n) is 14.2. The van der Waals surface area contributed by atoms with Gasteiger partial charge in [-0.05, 0) is 38.0 Å². The van der Waals surface area contributed by atoms with Crippen molar-refractivity contribution >= 4 is 27.3 Å². The van der Waals surface area contributed by atoms with Crippen LogP contribution in [0, 0.1) is 13.8 Å². The number of benzene rings is 1. The van der Waals surface area contributed by atoms with Crippen molar-refractivity contribution in [1.29, 1.82) is 0 Å². The topological polar surface area (TPSA) is 67.6 Å². The Kier molecular flexibility index (Phi) is 4.93. The van der Waals surface area contributed by atoms with Crippen molar-refractivity contribution in [2.45, 2.75) is 25.5 Å². The largest absolute Gasteiger partial charge is 0.466 e. The van der Waals surface area contributed by atoms with Crippen LogP contribution in [0.25, 0.3) is 0 Å². The Morgan fingerprint density at radius 3 is 2.60 bits per heavy atom. The maximum atomic E-state index is 12.8. The van der Waals surface area contributed by atoms with E-state index in [2.05, 4.69) is 0 Å². The molecule has 1 aromatic heterocycles. The van der Waals surface area contributed by atoms with Crippen LogP contribution in [0.3, 0.4) is 0 Å². The summed E-state index contributed by atoms with van der Waals surface area (Å²) in [6.07, 6.45) is 0.327. The van der Waals surface area contributed by atoms with Crippen molar-refractivity contribution in [1.82, 2.24) is 4.90 Å². The minimum Gasteiger partial charge on any atom is -0.466 e. The molecule has 0 N–H and O–H groups in total. The molecule has 1 amide bonds. The zero-order chi connectivity index (χ0) is 18.2. The van der Waals surface area contributed by atoms with Crippen LogP contribution in [0.5, 0.6) is 0 Å². The SMILES string of the molecule is Cc1cc(C(=O)N2CCC(c3ccccc3Cl)S(=O)(=O)CC2)c(C)o1. The van der Waals surface area contributed by atoms with Gasteiger partial charge in [0.2, 0.25) is 0 Å². The van der Waals surface area contributed by atoms with E-state index in [1.807, 2.05) is 0 Å². The van der Waals surface area contributed by atoms with Crippen molar-refractivity contribution in [3.63, 3.8) is 0 Å². The van der Waals surface area contributed by atoms with Crippen LogP contribution in [-0.4, -0.2) is 38.1 Å².